The van der Waals surface area contributed by atoms with E-state index in [0.717, 1.165) is 0 Å². The zero-order chi connectivity index (χ0) is 43.7. The summed E-state index contributed by atoms with van der Waals surface area (Å²) in [6.07, 6.45) is 0.649. The molecule has 18 heteroatoms. The van der Waals surface area contributed by atoms with E-state index in [9.17, 15) is 36.8 Å². The highest BCUT2D eigenvalue weighted by Crippen LogP contribution is 2.37. The summed E-state index contributed by atoms with van der Waals surface area (Å²) in [7, 11) is -5.92. The minimum absolute atomic E-state index is 0.150. The second kappa shape index (κ2) is 18.3. The number of nitrogens with zero attached hydrogens (tertiary/aromatic N) is 5. The maximum absolute atomic E-state index is 13.6. The topological polar surface area (TPSA) is 195 Å². The van der Waals surface area contributed by atoms with Gasteiger partial charge >= 0.3 is 0 Å². The predicted molar refractivity (Wildman–Crippen MR) is 230 cm³/mol. The normalized spacial score (nSPS) is 20.7. The molecule has 2 aromatic carbocycles. The number of hydrogen-bond acceptors (Lipinski definition) is 12. The van der Waals surface area contributed by atoms with Crippen LogP contribution in [0.2, 0.25) is 0 Å². The van der Waals surface area contributed by atoms with E-state index in [4.69, 9.17) is 0 Å². The van der Waals surface area contributed by atoms with Gasteiger partial charge in [0.25, 0.3) is 11.8 Å². The van der Waals surface area contributed by atoms with Gasteiger partial charge in [0.05, 0.1) is 0 Å². The summed E-state index contributed by atoms with van der Waals surface area (Å²) in [5.41, 5.74) is 15.4. The van der Waals surface area contributed by atoms with Crippen molar-refractivity contribution in [3.8, 4) is 0 Å². The number of nitrogens with one attached hydrogen (secondary N) is 3. The number of aryl methyl sites for hydroxylation is 4. The van der Waals surface area contributed by atoms with Crippen LogP contribution in [-0.4, -0.2) is 148 Å². The van der Waals surface area contributed by atoms with Crippen LogP contribution in [0.4, 0.5) is 11.4 Å². The molecule has 6 rings (SSSR count). The van der Waals surface area contributed by atoms with E-state index >= 15 is 0 Å². The van der Waals surface area contributed by atoms with E-state index in [2.05, 4.69) is 82.6 Å². The zero-order valence-electron chi connectivity index (χ0n) is 36.4. The summed E-state index contributed by atoms with van der Waals surface area (Å²) < 4.78 is 53.7. The molecule has 0 spiro atoms. The Morgan fingerprint density at radius 1 is 0.542 bits per heavy atom. The smallest absolute Gasteiger partial charge is 0.266 e. The molecule has 4 heterocycles. The van der Waals surface area contributed by atoms with Gasteiger partial charge in [-0.1, -0.05) is 12.1 Å². The van der Waals surface area contributed by atoms with Gasteiger partial charge in [0.2, 0.25) is 20.0 Å². The van der Waals surface area contributed by atoms with Gasteiger partial charge in [-0.05, 0) is 159 Å². The van der Waals surface area contributed by atoms with Crippen LogP contribution in [0.5, 0.6) is 0 Å². The number of piperidine rings is 2. The molecule has 2 amide bonds. The van der Waals surface area contributed by atoms with Gasteiger partial charge in [-0.3, -0.25) is 20.0 Å². The van der Waals surface area contributed by atoms with Crippen molar-refractivity contribution in [1.82, 2.24) is 29.8 Å². The Hall–Kier alpha value is -3.36. The predicted octanol–water partition coefficient (Wildman–Crippen LogP) is 2.34. The highest BCUT2D eigenvalue weighted by molar-refractivity contribution is 7.91. The van der Waals surface area contributed by atoms with E-state index in [1.165, 1.54) is 64.5 Å². The zero-order valence-corrected chi connectivity index (χ0v) is 38.0. The summed E-state index contributed by atoms with van der Waals surface area (Å²) >= 11 is 0. The highest BCUT2D eigenvalue weighted by Gasteiger charge is 2.56. The van der Waals surface area contributed by atoms with Gasteiger partial charge in [0.1, 0.15) is 0 Å². The Morgan fingerprint density at radius 3 is 1.15 bits per heavy atom. The average molecular weight is 863 g/mol. The maximum atomic E-state index is 13.6. The van der Waals surface area contributed by atoms with E-state index in [1.54, 1.807) is 11.0 Å². The number of anilines is 2. The first-order valence-electron chi connectivity index (χ1n) is 20.6. The van der Waals surface area contributed by atoms with Crippen LogP contribution in [-0.2, 0) is 29.6 Å². The van der Waals surface area contributed by atoms with Crippen molar-refractivity contribution in [3.05, 3.63) is 56.6 Å². The first-order chi connectivity index (χ1) is 27.7. The summed E-state index contributed by atoms with van der Waals surface area (Å²) in [6, 6.07) is 4.37. The van der Waals surface area contributed by atoms with Crippen molar-refractivity contribution in [2.24, 2.45) is 0 Å². The minimum Gasteiger partial charge on any atom is -0.368 e. The van der Waals surface area contributed by atoms with Gasteiger partial charge in [-0.15, -0.1) is 0 Å². The number of amides is 2. The molecule has 0 unspecified atom stereocenters. The monoisotopic (exact) mass is 862 g/mol. The molecule has 4 aliphatic rings. The lowest BCUT2D eigenvalue weighted by molar-refractivity contribution is -0.133. The Morgan fingerprint density at radius 2 is 0.847 bits per heavy atom. The second-order valence-corrected chi connectivity index (χ2v) is 21.4. The second-order valence-electron chi connectivity index (χ2n) is 16.9. The third-order valence-electron chi connectivity index (χ3n) is 13.7. The first kappa shape index (κ1) is 46.7. The van der Waals surface area contributed by atoms with E-state index in [0.29, 0.717) is 78.5 Å². The molecule has 330 valence electrons. The molecular weight excluding hydrogens is 797 g/mol. The molecule has 4 fully saturated rings. The van der Waals surface area contributed by atoms with Crippen molar-refractivity contribution >= 4 is 43.2 Å². The number of hydrogen-bond donors (Lipinski definition) is 5. The summed E-state index contributed by atoms with van der Waals surface area (Å²) in [5, 5.41) is 21.6. The highest BCUT2D eigenvalue weighted by atomic mass is 32.2. The van der Waals surface area contributed by atoms with Gasteiger partial charge < -0.3 is 20.0 Å². The van der Waals surface area contributed by atoms with Crippen LogP contribution in [0.3, 0.4) is 0 Å². The number of benzene rings is 2. The lowest BCUT2D eigenvalue weighted by Gasteiger charge is -2.44. The number of piperazine rings is 2. The molecule has 16 nitrogen and oxygen atoms in total. The van der Waals surface area contributed by atoms with Crippen molar-refractivity contribution in [2.75, 3.05) is 95.4 Å². The fourth-order valence-corrected chi connectivity index (χ4v) is 13.6. The lowest BCUT2D eigenvalue weighted by Crippen LogP contribution is -2.63. The quantitative estimate of drug-likeness (QED) is 0.193. The van der Waals surface area contributed by atoms with Crippen LogP contribution < -0.4 is 26.1 Å². The third kappa shape index (κ3) is 8.61. The van der Waals surface area contributed by atoms with Crippen LogP contribution in [0.15, 0.2) is 12.1 Å². The number of carbonyl (C=O) groups is 2. The van der Waals surface area contributed by atoms with Crippen molar-refractivity contribution in [2.45, 2.75) is 90.6 Å². The average Bonchev–Trinajstić information content (AvgIpc) is 3.23. The van der Waals surface area contributed by atoms with Crippen molar-refractivity contribution in [3.63, 3.8) is 0 Å². The molecule has 0 radical (unpaired) electrons. The van der Waals surface area contributed by atoms with Gasteiger partial charge in [0, 0.05) is 63.7 Å². The molecule has 0 saturated carbocycles. The van der Waals surface area contributed by atoms with Gasteiger partial charge in [0.15, 0.2) is 9.49 Å². The molecule has 0 atom stereocenters. The molecule has 4 saturated heterocycles. The van der Waals surface area contributed by atoms with Crippen LogP contribution >= 0.6 is 0 Å². The van der Waals surface area contributed by atoms with Crippen LogP contribution in [0.25, 0.3) is 0 Å². The molecule has 5 N–H and O–H groups in total. The van der Waals surface area contributed by atoms with Crippen molar-refractivity contribution < 1.29 is 36.8 Å². The first-order valence-corrected chi connectivity index (χ1v) is 23.5. The molecule has 0 bridgehead atoms. The Bertz CT molecular complexity index is 2050. The fourth-order valence-electron chi connectivity index (χ4n) is 9.36. The standard InChI is InChI=1S/C21H34N4O4S.C20H32N4O4S/c1-15-14-16(2)18(4)19(17(15)3)24-10-12-25(13-11-24)30(28,29)21(20(26)22-27)6-8-23(5)9-7-21;1-14-13-15(2)17(4)18(16(14)3)23-9-11-24(12-10-23)29(27,28)20(19(25)22-26)5-7-21-8-6-20/h14,27H,6-13H2,1-5H3,(H,22,26);13,21,26H,5-12H2,1-4H3,(H,22,25). The largest absolute Gasteiger partial charge is 0.368 e. The van der Waals surface area contributed by atoms with Gasteiger partial charge in [-0.25, -0.2) is 27.8 Å². The van der Waals surface area contributed by atoms with E-state index in [-0.39, 0.29) is 25.7 Å². The molecule has 0 aromatic heterocycles. The van der Waals surface area contributed by atoms with E-state index < -0.39 is 41.4 Å². The Kier molecular flexibility index (Phi) is 14.5. The van der Waals surface area contributed by atoms with Crippen LogP contribution in [0, 0.1) is 55.4 Å². The number of rotatable bonds is 8. The number of likely N-dealkylation sites (tertiary alicyclic amines) is 1. The molecular formula is C41H66N8O8S2. The number of sulfonamides is 2. The van der Waals surface area contributed by atoms with Gasteiger partial charge in [-0.2, -0.15) is 8.61 Å². The molecule has 4 aliphatic heterocycles. The summed E-state index contributed by atoms with van der Waals surface area (Å²) in [5.74, 6) is -1.65. The minimum atomic E-state index is -3.92. The Balaban J connectivity index is 0.000000224. The summed E-state index contributed by atoms with van der Waals surface area (Å²) in [6.45, 7) is 22.2. The molecule has 2 aromatic rings. The SMILES string of the molecule is Cc1cc(C)c(C)c(N2CCN(S(=O)(=O)C3(C(=O)NO)CCN(C)CC3)CC2)c1C.Cc1cc(C)c(C)c(N2CCN(S(=O)(=O)C3(C(=O)NO)CCNCC3)CC2)c1C. The fraction of sp³-hybridized carbons (Fsp3) is 0.659. The molecule has 0 aliphatic carbocycles. The maximum Gasteiger partial charge on any atom is 0.266 e. The number of carbonyl (C=O) groups excluding carboxylic acids is 2. The third-order valence-corrected chi connectivity index (χ3v) is 18.9. The van der Waals surface area contributed by atoms with Crippen LogP contribution in [0.1, 0.15) is 70.2 Å². The number of hydroxylamine groups is 2. The Labute approximate surface area is 351 Å². The lowest BCUT2D eigenvalue weighted by atomic mass is 9.95. The summed E-state index contributed by atoms with van der Waals surface area (Å²) in [4.78, 5) is 31.5. The van der Waals surface area contributed by atoms with E-state index in [1.807, 2.05) is 11.9 Å². The molecule has 59 heavy (non-hydrogen) atoms. The van der Waals surface area contributed by atoms with Crippen molar-refractivity contribution in [1.29, 1.82) is 0 Å².